The molecule has 26 heavy (non-hydrogen) atoms. The Kier molecular flexibility index (Phi) is 6.94. The maximum atomic E-state index is 9.63. The summed E-state index contributed by atoms with van der Waals surface area (Å²) in [4.78, 5) is 4.59. The molecular weight excluding hydrogens is 348 g/mol. The van der Waals surface area contributed by atoms with Gasteiger partial charge in [-0.25, -0.2) is 9.99 Å². The SMILES string of the molecule is C=C(O)/C=C(/C=N/N(CCCCC#N)c1nc2ccccc2s1)C(=C)O. The number of para-hydroxylation sites is 1. The second kappa shape index (κ2) is 9.39. The number of rotatable bonds is 9. The van der Waals surface area contributed by atoms with E-state index in [2.05, 4.69) is 29.3 Å². The van der Waals surface area contributed by atoms with Crippen molar-refractivity contribution in [1.82, 2.24) is 4.98 Å². The van der Waals surface area contributed by atoms with E-state index < -0.39 is 0 Å². The van der Waals surface area contributed by atoms with Crippen LogP contribution in [0.3, 0.4) is 0 Å². The first-order chi connectivity index (χ1) is 12.5. The topological polar surface area (TPSA) is 92.7 Å². The molecule has 1 heterocycles. The monoisotopic (exact) mass is 368 g/mol. The molecule has 134 valence electrons. The molecule has 6 nitrogen and oxygen atoms in total. The molecule has 0 spiro atoms. The van der Waals surface area contributed by atoms with Crippen LogP contribution in [0.1, 0.15) is 19.3 Å². The molecule has 2 rings (SSSR count). The minimum absolute atomic E-state index is 0.206. The Hall–Kier alpha value is -3.11. The number of hydrogen-bond acceptors (Lipinski definition) is 7. The van der Waals surface area contributed by atoms with Crippen LogP contribution >= 0.6 is 11.3 Å². The van der Waals surface area contributed by atoms with Crippen LogP contribution in [0.2, 0.25) is 0 Å². The Bertz CT molecular complexity index is 859. The second-order valence-corrected chi connectivity index (χ2v) is 6.49. The lowest BCUT2D eigenvalue weighted by atomic mass is 10.2. The molecule has 0 unspecified atom stereocenters. The van der Waals surface area contributed by atoms with Gasteiger partial charge in [-0.05, 0) is 31.1 Å². The predicted molar refractivity (Wildman–Crippen MR) is 107 cm³/mol. The lowest BCUT2D eigenvalue weighted by Crippen LogP contribution is -2.18. The standard InChI is InChI=1S/C19H20N4O2S/c1-14(24)12-16(15(2)25)13-21-23(11-7-3-6-10-20)19-22-17-8-4-5-9-18(17)26-19/h4-5,8-9,12-13,24-25H,1-3,6-7,11H2/b16-12-,21-13+. The van der Waals surface area contributed by atoms with E-state index in [1.54, 1.807) is 5.01 Å². The fraction of sp³-hybridized carbons (Fsp3) is 0.211. The first-order valence-corrected chi connectivity index (χ1v) is 8.84. The summed E-state index contributed by atoms with van der Waals surface area (Å²) < 4.78 is 1.05. The normalized spacial score (nSPS) is 11.6. The van der Waals surface area contributed by atoms with Crippen LogP contribution in [-0.4, -0.2) is 28.0 Å². The van der Waals surface area contributed by atoms with Crippen molar-refractivity contribution in [3.05, 3.63) is 60.6 Å². The predicted octanol–water partition coefficient (Wildman–Crippen LogP) is 4.85. The Balaban J connectivity index is 2.27. The summed E-state index contributed by atoms with van der Waals surface area (Å²) >= 11 is 1.51. The van der Waals surface area contributed by atoms with E-state index in [0.717, 1.165) is 23.1 Å². The molecule has 0 fully saturated rings. The highest BCUT2D eigenvalue weighted by Gasteiger charge is 2.11. The van der Waals surface area contributed by atoms with E-state index in [4.69, 9.17) is 5.26 Å². The van der Waals surface area contributed by atoms with E-state index >= 15 is 0 Å². The molecule has 1 aromatic carbocycles. The third kappa shape index (κ3) is 5.46. The molecule has 0 bridgehead atoms. The molecule has 0 aliphatic carbocycles. The van der Waals surface area contributed by atoms with Crippen molar-refractivity contribution in [1.29, 1.82) is 5.26 Å². The molecule has 7 heteroatoms. The van der Waals surface area contributed by atoms with Gasteiger partial charge < -0.3 is 10.2 Å². The fourth-order valence-corrected chi connectivity index (χ4v) is 3.09. The van der Waals surface area contributed by atoms with Crippen LogP contribution in [0.25, 0.3) is 10.2 Å². The molecule has 0 atom stereocenters. The average Bonchev–Trinajstić information content (AvgIpc) is 3.03. The van der Waals surface area contributed by atoms with Crippen LogP contribution in [0.15, 0.2) is 65.7 Å². The van der Waals surface area contributed by atoms with E-state index in [9.17, 15) is 10.2 Å². The highest BCUT2D eigenvalue weighted by Crippen LogP contribution is 2.29. The van der Waals surface area contributed by atoms with Gasteiger partial charge in [-0.15, -0.1) is 0 Å². The molecule has 0 saturated heterocycles. The van der Waals surface area contributed by atoms with Crippen molar-refractivity contribution in [3.63, 3.8) is 0 Å². The molecule has 0 aliphatic heterocycles. The number of unbranched alkanes of at least 4 members (excludes halogenated alkanes) is 2. The summed E-state index contributed by atoms with van der Waals surface area (Å²) in [5, 5.41) is 34.5. The largest absolute Gasteiger partial charge is 0.509 e. The van der Waals surface area contributed by atoms with Gasteiger partial charge in [0.25, 0.3) is 0 Å². The number of aliphatic hydroxyl groups excluding tert-OH is 2. The third-order valence-electron chi connectivity index (χ3n) is 3.40. The minimum atomic E-state index is -0.224. The molecular formula is C19H20N4O2S. The molecule has 0 radical (unpaired) electrons. The van der Waals surface area contributed by atoms with Gasteiger partial charge in [0.2, 0.25) is 5.13 Å². The van der Waals surface area contributed by atoms with Crippen molar-refractivity contribution in [2.45, 2.75) is 19.3 Å². The summed E-state index contributed by atoms with van der Waals surface area (Å²) in [6, 6.07) is 9.93. The number of nitriles is 1. The molecule has 2 N–H and O–H groups in total. The molecule has 0 saturated carbocycles. The second-order valence-electron chi connectivity index (χ2n) is 5.48. The summed E-state index contributed by atoms with van der Waals surface area (Å²) in [5.74, 6) is -0.431. The number of hydrazone groups is 1. The number of aliphatic hydroxyl groups is 2. The van der Waals surface area contributed by atoms with Crippen molar-refractivity contribution < 1.29 is 10.2 Å². The van der Waals surface area contributed by atoms with Gasteiger partial charge >= 0.3 is 0 Å². The Morgan fingerprint density at radius 1 is 1.31 bits per heavy atom. The number of hydrogen-bond donors (Lipinski definition) is 2. The number of allylic oxidation sites excluding steroid dienone is 2. The minimum Gasteiger partial charge on any atom is -0.509 e. The number of benzene rings is 1. The summed E-state index contributed by atoms with van der Waals surface area (Å²) in [7, 11) is 0. The number of fused-ring (bicyclic) bond motifs is 1. The lowest BCUT2D eigenvalue weighted by Gasteiger charge is -2.15. The van der Waals surface area contributed by atoms with Crippen LogP contribution in [-0.2, 0) is 0 Å². The zero-order valence-corrected chi connectivity index (χ0v) is 15.1. The average molecular weight is 368 g/mol. The quantitative estimate of drug-likeness (QED) is 0.217. The van der Waals surface area contributed by atoms with Crippen LogP contribution in [0.4, 0.5) is 5.13 Å². The van der Waals surface area contributed by atoms with E-state index in [1.807, 2.05) is 24.3 Å². The Labute approximate surface area is 156 Å². The van der Waals surface area contributed by atoms with Gasteiger partial charge in [0.1, 0.15) is 11.5 Å². The highest BCUT2D eigenvalue weighted by atomic mass is 32.1. The maximum absolute atomic E-state index is 9.63. The number of thiazole rings is 1. The number of nitrogens with zero attached hydrogens (tertiary/aromatic N) is 4. The Morgan fingerprint density at radius 2 is 2.08 bits per heavy atom. The van der Waals surface area contributed by atoms with Gasteiger partial charge in [0, 0.05) is 18.5 Å². The van der Waals surface area contributed by atoms with E-state index in [1.165, 1.54) is 23.6 Å². The van der Waals surface area contributed by atoms with Gasteiger partial charge in [0.05, 0.1) is 22.5 Å². The molecule has 0 aliphatic rings. The third-order valence-corrected chi connectivity index (χ3v) is 4.45. The van der Waals surface area contributed by atoms with Crippen molar-refractivity contribution in [3.8, 4) is 6.07 Å². The smallest absolute Gasteiger partial charge is 0.207 e. The molecule has 0 amide bonds. The maximum Gasteiger partial charge on any atom is 0.207 e. The first kappa shape index (κ1) is 19.2. The first-order valence-electron chi connectivity index (χ1n) is 8.03. The van der Waals surface area contributed by atoms with Crippen LogP contribution in [0, 0.1) is 11.3 Å². The van der Waals surface area contributed by atoms with Gasteiger partial charge in [-0.2, -0.15) is 10.4 Å². The number of aromatic nitrogens is 1. The summed E-state index contributed by atoms with van der Waals surface area (Å²) in [6.07, 6.45) is 4.70. The van der Waals surface area contributed by atoms with Gasteiger partial charge in [-0.1, -0.05) is 36.6 Å². The highest BCUT2D eigenvalue weighted by molar-refractivity contribution is 7.22. The van der Waals surface area contributed by atoms with E-state index in [0.29, 0.717) is 18.1 Å². The summed E-state index contributed by atoms with van der Waals surface area (Å²) in [6.45, 7) is 7.40. The zero-order chi connectivity index (χ0) is 18.9. The van der Waals surface area contributed by atoms with Crippen molar-refractivity contribution in [2.75, 3.05) is 11.6 Å². The zero-order valence-electron chi connectivity index (χ0n) is 14.3. The Morgan fingerprint density at radius 3 is 2.73 bits per heavy atom. The van der Waals surface area contributed by atoms with E-state index in [-0.39, 0.29) is 17.1 Å². The fourth-order valence-electron chi connectivity index (χ4n) is 2.15. The van der Waals surface area contributed by atoms with Crippen molar-refractivity contribution >= 4 is 32.9 Å². The van der Waals surface area contributed by atoms with Crippen molar-refractivity contribution in [2.24, 2.45) is 5.10 Å². The molecule has 1 aromatic heterocycles. The van der Waals surface area contributed by atoms with Crippen LogP contribution in [0.5, 0.6) is 0 Å². The van der Waals surface area contributed by atoms with Gasteiger partial charge in [-0.3, -0.25) is 0 Å². The van der Waals surface area contributed by atoms with Crippen LogP contribution < -0.4 is 5.01 Å². The number of anilines is 1. The lowest BCUT2D eigenvalue weighted by molar-refractivity contribution is 0.421. The summed E-state index contributed by atoms with van der Waals surface area (Å²) in [5.41, 5.74) is 1.14. The van der Waals surface area contributed by atoms with Gasteiger partial charge in [0.15, 0.2) is 0 Å². The molecule has 2 aromatic rings.